The minimum absolute atomic E-state index is 0.113. The molecule has 0 N–H and O–H groups in total. The van der Waals surface area contributed by atoms with E-state index in [1.807, 2.05) is 0 Å². The van der Waals surface area contributed by atoms with Crippen LogP contribution in [0.4, 0.5) is 17.1 Å². The first-order valence-electron chi connectivity index (χ1n) is 22.1. The molecular weight excluding hydrogens is 761 g/mol. The van der Waals surface area contributed by atoms with Gasteiger partial charge >= 0.3 is 0 Å². The summed E-state index contributed by atoms with van der Waals surface area (Å²) in [6, 6.07) is 85.5. The Morgan fingerprint density at radius 2 is 0.937 bits per heavy atom. The topological polar surface area (TPSA) is 8.17 Å². The molecule has 296 valence electrons. The summed E-state index contributed by atoms with van der Waals surface area (Å²) < 4.78 is 2.39. The highest BCUT2D eigenvalue weighted by atomic mass is 15.1. The van der Waals surface area contributed by atoms with Crippen LogP contribution in [-0.2, 0) is 18.3 Å². The zero-order valence-electron chi connectivity index (χ0n) is 34.7. The van der Waals surface area contributed by atoms with Crippen molar-refractivity contribution in [2.24, 2.45) is 0 Å². The first kappa shape index (κ1) is 35.8. The molecule has 0 saturated carbocycles. The SMILES string of the molecule is c1ccc(-n2c3ccccc3c3cc(-c4cccc(N(c5cccc(-c6cccc7ccccc67)c5)c5ccc6c(c5)C5(Cc7ccccc7C5)c5ccccc5-6)c4)ccc32)cc1. The zero-order chi connectivity index (χ0) is 41.5. The van der Waals surface area contributed by atoms with Gasteiger partial charge in [0.15, 0.2) is 0 Å². The number of fused-ring (bicyclic) bond motifs is 10. The Morgan fingerprint density at radius 3 is 1.78 bits per heavy atom. The second-order valence-corrected chi connectivity index (χ2v) is 17.4. The van der Waals surface area contributed by atoms with E-state index in [-0.39, 0.29) is 5.41 Å². The number of nitrogens with zero attached hydrogens (tertiary/aromatic N) is 2. The Kier molecular flexibility index (Phi) is 7.98. The van der Waals surface area contributed by atoms with Crippen LogP contribution in [0, 0.1) is 0 Å². The number of rotatable bonds is 6. The number of hydrogen-bond donors (Lipinski definition) is 0. The molecule has 13 rings (SSSR count). The lowest BCUT2D eigenvalue weighted by molar-refractivity contribution is 0.563. The molecule has 1 heterocycles. The molecule has 10 aromatic carbocycles. The van der Waals surface area contributed by atoms with Crippen molar-refractivity contribution >= 4 is 49.6 Å². The van der Waals surface area contributed by atoms with E-state index >= 15 is 0 Å². The first-order valence-corrected chi connectivity index (χ1v) is 22.1. The second-order valence-electron chi connectivity index (χ2n) is 17.4. The molecule has 63 heavy (non-hydrogen) atoms. The molecule has 2 nitrogen and oxygen atoms in total. The quantitative estimate of drug-likeness (QED) is 0.163. The lowest BCUT2D eigenvalue weighted by Crippen LogP contribution is -2.26. The van der Waals surface area contributed by atoms with Crippen molar-refractivity contribution in [2.75, 3.05) is 4.90 Å². The summed E-state index contributed by atoms with van der Waals surface area (Å²) in [4.78, 5) is 2.48. The second kappa shape index (κ2) is 14.1. The van der Waals surface area contributed by atoms with Gasteiger partial charge in [-0.2, -0.15) is 0 Å². The summed E-state index contributed by atoms with van der Waals surface area (Å²) in [5, 5.41) is 5.00. The fourth-order valence-electron chi connectivity index (χ4n) is 11.1. The molecule has 2 heteroatoms. The minimum atomic E-state index is -0.113. The van der Waals surface area contributed by atoms with Crippen molar-refractivity contribution in [3.8, 4) is 39.1 Å². The summed E-state index contributed by atoms with van der Waals surface area (Å²) in [5.74, 6) is 0. The van der Waals surface area contributed by atoms with Gasteiger partial charge in [0.05, 0.1) is 11.0 Å². The van der Waals surface area contributed by atoms with Crippen molar-refractivity contribution in [3.05, 3.63) is 253 Å². The summed E-state index contributed by atoms with van der Waals surface area (Å²) in [6.07, 6.45) is 2.01. The maximum Gasteiger partial charge on any atom is 0.0541 e. The highest BCUT2D eigenvalue weighted by Gasteiger charge is 2.47. The van der Waals surface area contributed by atoms with E-state index in [1.54, 1.807) is 0 Å². The molecule has 0 fully saturated rings. The van der Waals surface area contributed by atoms with Gasteiger partial charge in [-0.1, -0.05) is 164 Å². The van der Waals surface area contributed by atoms with Gasteiger partial charge in [0.2, 0.25) is 0 Å². The van der Waals surface area contributed by atoms with Crippen LogP contribution >= 0.6 is 0 Å². The third-order valence-electron chi connectivity index (χ3n) is 13.9. The normalized spacial score (nSPS) is 13.4. The van der Waals surface area contributed by atoms with E-state index in [0.29, 0.717) is 0 Å². The number of benzene rings is 10. The molecule has 0 aliphatic heterocycles. The molecule has 0 bridgehead atoms. The van der Waals surface area contributed by atoms with E-state index in [4.69, 9.17) is 0 Å². The summed E-state index contributed by atoms with van der Waals surface area (Å²) in [5.41, 5.74) is 20.2. The van der Waals surface area contributed by atoms with Crippen LogP contribution in [0.1, 0.15) is 22.3 Å². The fourth-order valence-corrected chi connectivity index (χ4v) is 11.1. The Morgan fingerprint density at radius 1 is 0.349 bits per heavy atom. The molecule has 1 aromatic heterocycles. The van der Waals surface area contributed by atoms with Crippen molar-refractivity contribution in [2.45, 2.75) is 18.3 Å². The van der Waals surface area contributed by atoms with Crippen LogP contribution in [0.3, 0.4) is 0 Å². The molecule has 0 saturated heterocycles. The van der Waals surface area contributed by atoms with Crippen molar-refractivity contribution in [3.63, 3.8) is 0 Å². The van der Waals surface area contributed by atoms with E-state index in [9.17, 15) is 0 Å². The van der Waals surface area contributed by atoms with E-state index in [1.165, 1.54) is 93.9 Å². The van der Waals surface area contributed by atoms with Crippen molar-refractivity contribution in [1.82, 2.24) is 4.57 Å². The minimum Gasteiger partial charge on any atom is -0.310 e. The van der Waals surface area contributed by atoms with Crippen LogP contribution < -0.4 is 4.90 Å². The maximum atomic E-state index is 2.52. The molecule has 0 unspecified atom stereocenters. The summed E-state index contributed by atoms with van der Waals surface area (Å²) in [7, 11) is 0. The first-order chi connectivity index (χ1) is 31.2. The monoisotopic (exact) mass is 802 g/mol. The molecular formula is C61H42N2. The fraction of sp³-hybridized carbons (Fsp3) is 0.0492. The van der Waals surface area contributed by atoms with Crippen LogP contribution in [0.25, 0.3) is 71.6 Å². The Balaban J connectivity index is 0.993. The van der Waals surface area contributed by atoms with Crippen LogP contribution in [0.2, 0.25) is 0 Å². The Hall–Kier alpha value is -7.94. The molecule has 0 amide bonds. The Labute approximate surface area is 367 Å². The lowest BCUT2D eigenvalue weighted by Gasteiger charge is -2.30. The van der Waals surface area contributed by atoms with E-state index < -0.39 is 0 Å². The third-order valence-corrected chi connectivity index (χ3v) is 13.9. The van der Waals surface area contributed by atoms with Gasteiger partial charge < -0.3 is 9.47 Å². The standard InChI is InChI=1S/C61H42N2/c1-2-21-47(22-3-1)63-59-30-11-9-27-55(59)56-37-43(31-34-60(56)63)42-19-12-23-48(35-42)62(49-24-13-20-44(36-49)52-28-14-18-41-15-6-7-25-51(41)52)50-32-33-54-53-26-8-10-29-57(53)61(58(54)38-50)39-45-16-4-5-17-46(45)40-61/h1-38H,39-40H2. The van der Waals surface area contributed by atoms with Crippen LogP contribution in [0.5, 0.6) is 0 Å². The Bertz CT molecular complexity index is 3560. The average molecular weight is 803 g/mol. The largest absolute Gasteiger partial charge is 0.310 e. The smallest absolute Gasteiger partial charge is 0.0541 e. The van der Waals surface area contributed by atoms with Crippen LogP contribution in [0.15, 0.2) is 231 Å². The van der Waals surface area contributed by atoms with E-state index in [0.717, 1.165) is 29.9 Å². The number of hydrogen-bond acceptors (Lipinski definition) is 1. The molecule has 2 aliphatic rings. The van der Waals surface area contributed by atoms with Gasteiger partial charge in [-0.05, 0) is 146 Å². The molecule has 2 aliphatic carbocycles. The molecule has 0 atom stereocenters. The highest BCUT2D eigenvalue weighted by Crippen LogP contribution is 2.56. The predicted molar refractivity (Wildman–Crippen MR) is 264 cm³/mol. The van der Waals surface area contributed by atoms with E-state index in [2.05, 4.69) is 240 Å². The van der Waals surface area contributed by atoms with Gasteiger partial charge in [0, 0.05) is 38.9 Å². The summed E-state index contributed by atoms with van der Waals surface area (Å²) in [6.45, 7) is 0. The van der Waals surface area contributed by atoms with Crippen molar-refractivity contribution < 1.29 is 0 Å². The van der Waals surface area contributed by atoms with Gasteiger partial charge in [0.1, 0.15) is 0 Å². The average Bonchev–Trinajstić information content (AvgIpc) is 3.99. The zero-order valence-corrected chi connectivity index (χ0v) is 34.7. The molecule has 0 radical (unpaired) electrons. The third kappa shape index (κ3) is 5.58. The van der Waals surface area contributed by atoms with Gasteiger partial charge in [0.25, 0.3) is 0 Å². The molecule has 1 spiro atoms. The predicted octanol–water partition coefficient (Wildman–Crippen LogP) is 15.8. The molecule has 11 aromatic rings. The highest BCUT2D eigenvalue weighted by molar-refractivity contribution is 6.10. The summed E-state index contributed by atoms with van der Waals surface area (Å²) >= 11 is 0. The number of aromatic nitrogens is 1. The number of para-hydroxylation sites is 2. The number of anilines is 3. The lowest BCUT2D eigenvalue weighted by atomic mass is 9.75. The maximum absolute atomic E-state index is 2.52. The van der Waals surface area contributed by atoms with Gasteiger partial charge in [-0.25, -0.2) is 0 Å². The van der Waals surface area contributed by atoms with Gasteiger partial charge in [-0.15, -0.1) is 0 Å². The van der Waals surface area contributed by atoms with Crippen molar-refractivity contribution in [1.29, 1.82) is 0 Å². The van der Waals surface area contributed by atoms with Crippen LogP contribution in [-0.4, -0.2) is 4.57 Å². The van der Waals surface area contributed by atoms with Gasteiger partial charge in [-0.3, -0.25) is 0 Å².